The molecule has 106 valence electrons. The summed E-state index contributed by atoms with van der Waals surface area (Å²) in [7, 11) is 0. The Balaban J connectivity index is 1.99. The predicted octanol–water partition coefficient (Wildman–Crippen LogP) is 3.92. The highest BCUT2D eigenvalue weighted by Gasteiger charge is 2.28. The van der Waals surface area contributed by atoms with Crippen LogP contribution in [0.4, 0.5) is 11.6 Å². The third-order valence-corrected chi connectivity index (χ3v) is 4.44. The Labute approximate surface area is 117 Å². The van der Waals surface area contributed by atoms with Crippen molar-refractivity contribution in [3.8, 4) is 0 Å². The average Bonchev–Trinajstić information content (AvgIpc) is 2.46. The first-order valence-electron chi connectivity index (χ1n) is 7.63. The monoisotopic (exact) mass is 261 g/mol. The van der Waals surface area contributed by atoms with Gasteiger partial charge in [-0.1, -0.05) is 33.3 Å². The Morgan fingerprint density at radius 1 is 1.26 bits per heavy atom. The molecule has 1 aliphatic rings. The lowest BCUT2D eigenvalue weighted by molar-refractivity contribution is 0.238. The number of pyridine rings is 1. The van der Waals surface area contributed by atoms with E-state index in [2.05, 4.69) is 49.2 Å². The highest BCUT2D eigenvalue weighted by Crippen LogP contribution is 2.35. The van der Waals surface area contributed by atoms with Crippen molar-refractivity contribution in [1.29, 1.82) is 0 Å². The van der Waals surface area contributed by atoms with E-state index in [1.807, 2.05) is 0 Å². The SMILES string of the molecule is CCCNc1cccc(N2CCC(C)(CC)CC2)n1. The summed E-state index contributed by atoms with van der Waals surface area (Å²) in [4.78, 5) is 7.15. The fourth-order valence-electron chi connectivity index (χ4n) is 2.58. The first-order valence-corrected chi connectivity index (χ1v) is 7.63. The second-order valence-electron chi connectivity index (χ2n) is 5.96. The molecule has 1 saturated heterocycles. The van der Waals surface area contributed by atoms with Crippen LogP contribution in [0.2, 0.25) is 0 Å². The Bertz CT molecular complexity index is 395. The van der Waals surface area contributed by atoms with Gasteiger partial charge in [-0.2, -0.15) is 0 Å². The van der Waals surface area contributed by atoms with Crippen LogP contribution >= 0.6 is 0 Å². The summed E-state index contributed by atoms with van der Waals surface area (Å²) in [6, 6.07) is 6.29. The summed E-state index contributed by atoms with van der Waals surface area (Å²) in [5.41, 5.74) is 0.536. The van der Waals surface area contributed by atoms with E-state index >= 15 is 0 Å². The molecule has 1 aromatic rings. The van der Waals surface area contributed by atoms with Gasteiger partial charge in [0.1, 0.15) is 11.6 Å². The summed E-state index contributed by atoms with van der Waals surface area (Å²) in [5, 5.41) is 3.36. The summed E-state index contributed by atoms with van der Waals surface area (Å²) in [6.07, 6.45) is 4.96. The van der Waals surface area contributed by atoms with Crippen molar-refractivity contribution in [2.45, 2.75) is 46.5 Å². The van der Waals surface area contributed by atoms with E-state index < -0.39 is 0 Å². The van der Waals surface area contributed by atoms with Crippen LogP contribution < -0.4 is 10.2 Å². The third kappa shape index (κ3) is 3.62. The minimum Gasteiger partial charge on any atom is -0.370 e. The number of nitrogens with one attached hydrogen (secondary N) is 1. The fraction of sp³-hybridized carbons (Fsp3) is 0.688. The van der Waals surface area contributed by atoms with Crippen LogP contribution in [-0.2, 0) is 0 Å². The molecule has 0 atom stereocenters. The van der Waals surface area contributed by atoms with Gasteiger partial charge >= 0.3 is 0 Å². The molecule has 0 bridgehead atoms. The Morgan fingerprint density at radius 2 is 2.00 bits per heavy atom. The van der Waals surface area contributed by atoms with Crippen LogP contribution in [-0.4, -0.2) is 24.6 Å². The molecule has 2 rings (SSSR count). The van der Waals surface area contributed by atoms with Crippen LogP contribution in [0.1, 0.15) is 46.5 Å². The lowest BCUT2D eigenvalue weighted by Gasteiger charge is -2.39. The van der Waals surface area contributed by atoms with Gasteiger partial charge in [0.2, 0.25) is 0 Å². The van der Waals surface area contributed by atoms with Crippen molar-refractivity contribution in [1.82, 2.24) is 4.98 Å². The first kappa shape index (κ1) is 14.2. The van der Waals surface area contributed by atoms with Gasteiger partial charge < -0.3 is 10.2 Å². The summed E-state index contributed by atoms with van der Waals surface area (Å²) >= 11 is 0. The van der Waals surface area contributed by atoms with Crippen molar-refractivity contribution >= 4 is 11.6 Å². The number of nitrogens with zero attached hydrogens (tertiary/aromatic N) is 2. The van der Waals surface area contributed by atoms with E-state index in [0.29, 0.717) is 5.41 Å². The van der Waals surface area contributed by atoms with E-state index in [1.54, 1.807) is 0 Å². The zero-order chi connectivity index (χ0) is 13.7. The maximum Gasteiger partial charge on any atom is 0.130 e. The van der Waals surface area contributed by atoms with E-state index in [0.717, 1.165) is 37.7 Å². The molecular formula is C16H27N3. The molecule has 1 fully saturated rings. The summed E-state index contributed by atoms with van der Waals surface area (Å²) in [6.45, 7) is 10.2. The normalized spacial score (nSPS) is 18.4. The van der Waals surface area contributed by atoms with Gasteiger partial charge in [-0.25, -0.2) is 4.98 Å². The molecule has 0 unspecified atom stereocenters. The van der Waals surface area contributed by atoms with Gasteiger partial charge in [0.15, 0.2) is 0 Å². The molecule has 3 nitrogen and oxygen atoms in total. The van der Waals surface area contributed by atoms with Crippen molar-refractivity contribution in [2.24, 2.45) is 5.41 Å². The molecule has 0 aliphatic carbocycles. The van der Waals surface area contributed by atoms with E-state index in [1.165, 1.54) is 19.3 Å². The largest absolute Gasteiger partial charge is 0.370 e. The van der Waals surface area contributed by atoms with Crippen molar-refractivity contribution < 1.29 is 0 Å². The minimum atomic E-state index is 0.536. The highest BCUT2D eigenvalue weighted by atomic mass is 15.2. The molecule has 1 aromatic heterocycles. The maximum absolute atomic E-state index is 4.72. The Hall–Kier alpha value is -1.25. The van der Waals surface area contributed by atoms with E-state index in [-0.39, 0.29) is 0 Å². The molecule has 3 heteroatoms. The molecule has 0 spiro atoms. The topological polar surface area (TPSA) is 28.2 Å². The Morgan fingerprint density at radius 3 is 2.63 bits per heavy atom. The zero-order valence-corrected chi connectivity index (χ0v) is 12.6. The molecule has 2 heterocycles. The number of piperidine rings is 1. The number of hydrogen-bond acceptors (Lipinski definition) is 3. The Kier molecular flexibility index (Phi) is 4.67. The summed E-state index contributed by atoms with van der Waals surface area (Å²) in [5.74, 6) is 2.13. The smallest absolute Gasteiger partial charge is 0.130 e. The van der Waals surface area contributed by atoms with Crippen LogP contribution in [0.15, 0.2) is 18.2 Å². The number of aromatic nitrogens is 1. The third-order valence-electron chi connectivity index (χ3n) is 4.44. The second kappa shape index (κ2) is 6.27. The molecule has 0 amide bonds. The molecular weight excluding hydrogens is 234 g/mol. The van der Waals surface area contributed by atoms with Crippen LogP contribution in [0.25, 0.3) is 0 Å². The maximum atomic E-state index is 4.72. The van der Waals surface area contributed by atoms with Crippen molar-refractivity contribution in [3.63, 3.8) is 0 Å². The molecule has 1 N–H and O–H groups in total. The van der Waals surface area contributed by atoms with Gasteiger partial charge in [0.25, 0.3) is 0 Å². The van der Waals surface area contributed by atoms with Crippen molar-refractivity contribution in [2.75, 3.05) is 29.9 Å². The average molecular weight is 261 g/mol. The van der Waals surface area contributed by atoms with Gasteiger partial charge in [-0.05, 0) is 36.8 Å². The van der Waals surface area contributed by atoms with Crippen LogP contribution in [0, 0.1) is 5.41 Å². The first-order chi connectivity index (χ1) is 9.17. The van der Waals surface area contributed by atoms with E-state index in [4.69, 9.17) is 4.98 Å². The minimum absolute atomic E-state index is 0.536. The zero-order valence-electron chi connectivity index (χ0n) is 12.6. The molecule has 0 saturated carbocycles. The van der Waals surface area contributed by atoms with E-state index in [9.17, 15) is 0 Å². The predicted molar refractivity (Wildman–Crippen MR) is 82.9 cm³/mol. The number of hydrogen-bond donors (Lipinski definition) is 1. The van der Waals surface area contributed by atoms with Gasteiger partial charge in [0.05, 0.1) is 0 Å². The number of anilines is 2. The summed E-state index contributed by atoms with van der Waals surface area (Å²) < 4.78 is 0. The van der Waals surface area contributed by atoms with Crippen LogP contribution in [0.3, 0.4) is 0 Å². The lowest BCUT2D eigenvalue weighted by Crippen LogP contribution is -2.38. The van der Waals surface area contributed by atoms with Crippen molar-refractivity contribution in [3.05, 3.63) is 18.2 Å². The van der Waals surface area contributed by atoms with Gasteiger partial charge in [-0.3, -0.25) is 0 Å². The molecule has 1 aliphatic heterocycles. The quantitative estimate of drug-likeness (QED) is 0.870. The van der Waals surface area contributed by atoms with Gasteiger partial charge in [-0.15, -0.1) is 0 Å². The second-order valence-corrected chi connectivity index (χ2v) is 5.96. The highest BCUT2D eigenvalue weighted by molar-refractivity contribution is 5.47. The van der Waals surface area contributed by atoms with Crippen LogP contribution in [0.5, 0.6) is 0 Å². The molecule has 0 radical (unpaired) electrons. The number of rotatable bonds is 5. The fourth-order valence-corrected chi connectivity index (χ4v) is 2.58. The molecule has 0 aromatic carbocycles. The lowest BCUT2D eigenvalue weighted by atomic mass is 9.78. The molecule has 19 heavy (non-hydrogen) atoms. The van der Waals surface area contributed by atoms with Gasteiger partial charge in [0, 0.05) is 19.6 Å². The standard InChI is InChI=1S/C16H27N3/c1-4-11-17-14-7-6-8-15(18-14)19-12-9-16(3,5-2)10-13-19/h6-8H,4-5,9-13H2,1-3H3,(H,17,18).